The van der Waals surface area contributed by atoms with Gasteiger partial charge in [-0.2, -0.15) is 13.1 Å². The van der Waals surface area contributed by atoms with Gasteiger partial charge in [-0.1, -0.05) is 18.2 Å². The Balaban J connectivity index is 1.59. The molecule has 0 saturated heterocycles. The molecule has 2 heterocycles. The second-order valence-corrected chi connectivity index (χ2v) is 8.96. The van der Waals surface area contributed by atoms with Gasteiger partial charge < -0.3 is 9.64 Å². The van der Waals surface area contributed by atoms with Gasteiger partial charge in [-0.3, -0.25) is 0 Å². The Morgan fingerprint density at radius 1 is 1.22 bits per heavy atom. The second kappa shape index (κ2) is 7.06. The predicted octanol–water partition coefficient (Wildman–Crippen LogP) is 2.60. The average Bonchev–Trinajstić information content (AvgIpc) is 3.15. The maximum absolute atomic E-state index is 13.1. The van der Waals surface area contributed by atoms with Crippen molar-refractivity contribution in [2.45, 2.75) is 17.9 Å². The molecule has 1 aliphatic heterocycles. The number of sulfonamides is 1. The normalized spacial score (nSPS) is 17.1. The first-order valence-corrected chi connectivity index (χ1v) is 10.9. The van der Waals surface area contributed by atoms with E-state index in [-0.39, 0.29) is 17.5 Å². The van der Waals surface area contributed by atoms with Crippen LogP contribution < -0.4 is 9.64 Å². The number of benzene rings is 2. The van der Waals surface area contributed by atoms with Gasteiger partial charge in [-0.05, 0) is 31.2 Å². The number of para-hydroxylation sites is 2. The third-order valence-corrected chi connectivity index (χ3v) is 7.10. The van der Waals surface area contributed by atoms with E-state index in [0.717, 1.165) is 29.7 Å². The van der Waals surface area contributed by atoms with Gasteiger partial charge in [0.2, 0.25) is 10.0 Å². The van der Waals surface area contributed by atoms with E-state index in [1.54, 1.807) is 25.2 Å². The lowest BCUT2D eigenvalue weighted by Gasteiger charge is -2.36. The van der Waals surface area contributed by atoms with E-state index >= 15 is 0 Å². The zero-order valence-corrected chi connectivity index (χ0v) is 16.7. The number of fused-ring (bicyclic) bond motifs is 2. The molecule has 3 aromatic rings. The lowest BCUT2D eigenvalue weighted by atomic mass is 10.2. The highest BCUT2D eigenvalue weighted by molar-refractivity contribution is 7.89. The monoisotopic (exact) mass is 404 g/mol. The molecule has 0 aliphatic carbocycles. The Morgan fingerprint density at radius 3 is 2.85 bits per heavy atom. The van der Waals surface area contributed by atoms with Gasteiger partial charge in [0.05, 0.1) is 30.5 Å². The van der Waals surface area contributed by atoms with E-state index in [9.17, 15) is 8.42 Å². The molecule has 4 rings (SSSR count). The molecule has 1 aromatic heterocycles. The topological polar surface area (TPSA) is 75.6 Å². The van der Waals surface area contributed by atoms with E-state index in [1.807, 2.05) is 24.3 Å². The molecule has 0 bridgehead atoms. The molecule has 0 N–H and O–H groups in total. The van der Waals surface area contributed by atoms with Crippen LogP contribution in [0.25, 0.3) is 11.0 Å². The minimum absolute atomic E-state index is 0.180. The van der Waals surface area contributed by atoms with Crippen molar-refractivity contribution >= 4 is 38.5 Å². The summed E-state index contributed by atoms with van der Waals surface area (Å²) >= 11 is 1.01. The van der Waals surface area contributed by atoms with Crippen LogP contribution in [0.1, 0.15) is 6.92 Å². The first kappa shape index (κ1) is 18.1. The van der Waals surface area contributed by atoms with Gasteiger partial charge in [0.25, 0.3) is 0 Å². The van der Waals surface area contributed by atoms with Crippen LogP contribution in [0.3, 0.4) is 0 Å². The second-order valence-electron chi connectivity index (χ2n) is 6.42. The molecule has 9 heteroatoms. The number of likely N-dealkylation sites (N-methyl/N-ethyl adjacent to an activating group) is 2. The maximum Gasteiger partial charge on any atom is 0.245 e. The minimum Gasteiger partial charge on any atom is -0.485 e. The molecule has 1 unspecified atom stereocenters. The molecule has 27 heavy (non-hydrogen) atoms. The molecular weight excluding hydrogens is 384 g/mol. The fourth-order valence-electron chi connectivity index (χ4n) is 3.32. The number of nitrogens with zero attached hydrogens (tertiary/aromatic N) is 4. The van der Waals surface area contributed by atoms with Gasteiger partial charge in [0, 0.05) is 13.6 Å². The van der Waals surface area contributed by atoms with Crippen molar-refractivity contribution in [1.82, 2.24) is 13.1 Å². The summed E-state index contributed by atoms with van der Waals surface area (Å²) < 4.78 is 41.9. The Morgan fingerprint density at radius 2 is 2.04 bits per heavy atom. The number of aromatic nitrogens is 2. The number of ether oxygens (including phenoxy) is 1. The van der Waals surface area contributed by atoms with Crippen molar-refractivity contribution < 1.29 is 13.2 Å². The van der Waals surface area contributed by atoms with Gasteiger partial charge >= 0.3 is 0 Å². The van der Waals surface area contributed by atoms with Crippen LogP contribution in [0.15, 0.2) is 47.4 Å². The third kappa shape index (κ3) is 3.26. The van der Waals surface area contributed by atoms with Crippen LogP contribution in [-0.2, 0) is 10.0 Å². The summed E-state index contributed by atoms with van der Waals surface area (Å²) in [5, 5.41) is 0. The smallest absolute Gasteiger partial charge is 0.245 e. The van der Waals surface area contributed by atoms with Crippen LogP contribution in [0.5, 0.6) is 5.75 Å². The molecule has 0 amide bonds. The highest BCUT2D eigenvalue weighted by atomic mass is 32.2. The Labute approximate surface area is 162 Å². The Hall–Kier alpha value is -2.23. The van der Waals surface area contributed by atoms with Gasteiger partial charge in [0.1, 0.15) is 27.8 Å². The zero-order valence-electron chi connectivity index (χ0n) is 15.1. The summed E-state index contributed by atoms with van der Waals surface area (Å²) in [5.74, 6) is 0.784. The van der Waals surface area contributed by atoms with Crippen LogP contribution in [0.4, 0.5) is 5.69 Å². The van der Waals surface area contributed by atoms with Crippen LogP contribution in [0.2, 0.25) is 0 Å². The summed E-state index contributed by atoms with van der Waals surface area (Å²) in [7, 11) is -2.12. The molecule has 0 saturated carbocycles. The predicted molar refractivity (Wildman–Crippen MR) is 106 cm³/mol. The van der Waals surface area contributed by atoms with Crippen molar-refractivity contribution in [3.8, 4) is 5.75 Å². The SMILES string of the molecule is CCN1CC(CN(C)S(=O)(=O)c2cccc3nsnc23)Oc2ccccc21. The van der Waals surface area contributed by atoms with E-state index in [4.69, 9.17) is 4.74 Å². The van der Waals surface area contributed by atoms with Gasteiger partial charge in [-0.25, -0.2) is 8.42 Å². The summed E-state index contributed by atoms with van der Waals surface area (Å²) in [6.45, 7) is 3.80. The summed E-state index contributed by atoms with van der Waals surface area (Å²) in [4.78, 5) is 2.38. The molecular formula is C18H20N4O3S2. The van der Waals surface area contributed by atoms with Crippen LogP contribution >= 0.6 is 11.7 Å². The molecule has 0 fully saturated rings. The lowest BCUT2D eigenvalue weighted by molar-refractivity contribution is 0.171. The van der Waals surface area contributed by atoms with E-state index in [0.29, 0.717) is 17.6 Å². The van der Waals surface area contributed by atoms with Crippen molar-refractivity contribution in [2.24, 2.45) is 0 Å². The summed E-state index contributed by atoms with van der Waals surface area (Å²) in [6, 6.07) is 12.9. The fraction of sp³-hybridized carbons (Fsp3) is 0.333. The minimum atomic E-state index is -3.70. The summed E-state index contributed by atoms with van der Waals surface area (Å²) in [6.07, 6.45) is -0.257. The van der Waals surface area contributed by atoms with E-state index < -0.39 is 10.0 Å². The molecule has 1 aliphatic rings. The molecule has 7 nitrogen and oxygen atoms in total. The van der Waals surface area contributed by atoms with Crippen molar-refractivity contribution in [3.05, 3.63) is 42.5 Å². The molecule has 0 radical (unpaired) electrons. The Kier molecular flexibility index (Phi) is 4.75. The highest BCUT2D eigenvalue weighted by Crippen LogP contribution is 2.33. The molecule has 0 spiro atoms. The molecule has 1 atom stereocenters. The van der Waals surface area contributed by atoms with E-state index in [1.165, 1.54) is 4.31 Å². The van der Waals surface area contributed by atoms with Crippen LogP contribution in [0, 0.1) is 0 Å². The average molecular weight is 405 g/mol. The maximum atomic E-state index is 13.1. The molecule has 2 aromatic carbocycles. The first-order chi connectivity index (χ1) is 13.0. The van der Waals surface area contributed by atoms with Crippen LogP contribution in [-0.4, -0.2) is 54.3 Å². The Bertz CT molecular complexity index is 1070. The number of rotatable bonds is 5. The van der Waals surface area contributed by atoms with Crippen molar-refractivity contribution in [1.29, 1.82) is 0 Å². The zero-order chi connectivity index (χ0) is 19.0. The van der Waals surface area contributed by atoms with Crippen molar-refractivity contribution in [2.75, 3.05) is 31.6 Å². The quantitative estimate of drug-likeness (QED) is 0.651. The number of hydrogen-bond donors (Lipinski definition) is 0. The summed E-state index contributed by atoms with van der Waals surface area (Å²) in [5.41, 5.74) is 2.05. The number of hydrogen-bond acceptors (Lipinski definition) is 7. The fourth-order valence-corrected chi connectivity index (χ4v) is 5.27. The highest BCUT2D eigenvalue weighted by Gasteiger charge is 2.31. The third-order valence-electron chi connectivity index (χ3n) is 4.70. The number of anilines is 1. The first-order valence-electron chi connectivity index (χ1n) is 8.69. The largest absolute Gasteiger partial charge is 0.485 e. The standard InChI is InChI=1S/C18H20N4O3S2/c1-3-22-12-13(25-16-9-5-4-8-15(16)22)11-21(2)27(23,24)17-10-6-7-14-18(17)20-26-19-14/h4-10,13H,3,11-12H2,1-2H3. The molecule has 142 valence electrons. The van der Waals surface area contributed by atoms with E-state index in [2.05, 4.69) is 20.6 Å². The van der Waals surface area contributed by atoms with Crippen molar-refractivity contribution in [3.63, 3.8) is 0 Å². The van der Waals surface area contributed by atoms with Gasteiger partial charge in [-0.15, -0.1) is 0 Å². The lowest BCUT2D eigenvalue weighted by Crippen LogP contribution is -2.46. The van der Waals surface area contributed by atoms with Gasteiger partial charge in [0.15, 0.2) is 0 Å².